The first kappa shape index (κ1) is 25.4. The van der Waals surface area contributed by atoms with E-state index in [9.17, 15) is 4.79 Å². The summed E-state index contributed by atoms with van der Waals surface area (Å²) in [5.41, 5.74) is 8.76. The van der Waals surface area contributed by atoms with Crippen LogP contribution in [-0.2, 0) is 16.0 Å². The highest BCUT2D eigenvalue weighted by atomic mass is 19.1. The van der Waals surface area contributed by atoms with E-state index in [0.29, 0.717) is 24.1 Å². The first-order valence-corrected chi connectivity index (χ1v) is 13.2. The molecular formula is C30H35FN4O2. The van der Waals surface area contributed by atoms with Crippen LogP contribution in [0.3, 0.4) is 0 Å². The molecule has 0 bridgehead atoms. The van der Waals surface area contributed by atoms with Crippen LogP contribution < -0.4 is 16.4 Å². The molecular weight excluding hydrogens is 467 g/mol. The standard InChI is InChI=1S/C30H35FN4O2/c31-25-18-33-19-26(24(25)14-13-23-17-34-20-30(37-23)15-7-8-16-30)35-28(29(32)36)27(21-9-3-1-4-10-21)22-11-5-2-6-12-22/h1-6,9-12,18-19,23,27-28,34-35H,7-8,13-17,20H2,(H2,32,36)/t23-,28+/m1/s1. The summed E-state index contributed by atoms with van der Waals surface area (Å²) >= 11 is 0. The van der Waals surface area contributed by atoms with Crippen LogP contribution in [0.4, 0.5) is 10.1 Å². The van der Waals surface area contributed by atoms with Crippen LogP contribution in [0.1, 0.15) is 54.7 Å². The number of nitrogens with two attached hydrogens (primary N) is 1. The van der Waals surface area contributed by atoms with Crippen LogP contribution in [0.2, 0.25) is 0 Å². The number of carbonyl (C=O) groups excluding carboxylic acids is 1. The van der Waals surface area contributed by atoms with Crippen molar-refractivity contribution < 1.29 is 13.9 Å². The molecule has 2 aliphatic rings. The van der Waals surface area contributed by atoms with E-state index in [0.717, 1.165) is 37.1 Å². The average Bonchev–Trinajstić information content (AvgIpc) is 3.36. The zero-order chi connectivity index (χ0) is 25.7. The van der Waals surface area contributed by atoms with Crippen molar-refractivity contribution in [3.63, 3.8) is 0 Å². The Morgan fingerprint density at radius 3 is 2.35 bits per heavy atom. The highest BCUT2D eigenvalue weighted by Gasteiger charge is 2.39. The monoisotopic (exact) mass is 502 g/mol. The van der Waals surface area contributed by atoms with Crippen molar-refractivity contribution in [1.29, 1.82) is 0 Å². The molecule has 1 aliphatic carbocycles. The molecule has 37 heavy (non-hydrogen) atoms. The van der Waals surface area contributed by atoms with Crippen molar-refractivity contribution in [3.05, 3.63) is 95.6 Å². The number of amides is 1. The van der Waals surface area contributed by atoms with Gasteiger partial charge in [0.25, 0.3) is 0 Å². The minimum absolute atomic E-state index is 0.0144. The molecule has 1 saturated carbocycles. The number of nitrogens with one attached hydrogen (secondary N) is 2. The number of primary amides is 1. The topological polar surface area (TPSA) is 89.3 Å². The molecule has 194 valence electrons. The lowest BCUT2D eigenvalue weighted by Crippen LogP contribution is -2.52. The lowest BCUT2D eigenvalue weighted by molar-refractivity contribution is -0.119. The van der Waals surface area contributed by atoms with Crippen molar-refractivity contribution in [3.8, 4) is 0 Å². The zero-order valence-electron chi connectivity index (χ0n) is 21.0. The number of carbonyl (C=O) groups is 1. The van der Waals surface area contributed by atoms with Crippen LogP contribution in [-0.4, -0.2) is 41.7 Å². The van der Waals surface area contributed by atoms with Gasteiger partial charge in [-0.15, -0.1) is 0 Å². The number of aromatic nitrogens is 1. The number of anilines is 1. The van der Waals surface area contributed by atoms with E-state index < -0.39 is 17.8 Å². The smallest absolute Gasteiger partial charge is 0.240 e. The van der Waals surface area contributed by atoms with Gasteiger partial charge in [0.1, 0.15) is 11.9 Å². The Labute approximate surface area is 217 Å². The number of nitrogens with zero attached hydrogens (tertiary/aromatic N) is 1. The normalized spacial score (nSPS) is 19.7. The summed E-state index contributed by atoms with van der Waals surface area (Å²) in [7, 11) is 0. The zero-order valence-corrected chi connectivity index (χ0v) is 21.0. The highest BCUT2D eigenvalue weighted by molar-refractivity contribution is 5.85. The molecule has 1 aliphatic heterocycles. The summed E-state index contributed by atoms with van der Waals surface area (Å²) in [6.45, 7) is 1.64. The van der Waals surface area contributed by atoms with Crippen molar-refractivity contribution in [2.24, 2.45) is 5.73 Å². The second-order valence-corrected chi connectivity index (χ2v) is 10.3. The molecule has 2 heterocycles. The molecule has 2 fully saturated rings. The van der Waals surface area contributed by atoms with Gasteiger partial charge in [-0.05, 0) is 36.8 Å². The fourth-order valence-electron chi connectivity index (χ4n) is 5.90. The van der Waals surface area contributed by atoms with Crippen molar-refractivity contribution in [2.45, 2.75) is 62.2 Å². The Kier molecular flexibility index (Phi) is 7.82. The molecule has 5 rings (SSSR count). The predicted octanol–water partition coefficient (Wildman–Crippen LogP) is 4.55. The Balaban J connectivity index is 1.39. The van der Waals surface area contributed by atoms with Crippen LogP contribution in [0.5, 0.6) is 0 Å². The second-order valence-electron chi connectivity index (χ2n) is 10.3. The van der Waals surface area contributed by atoms with E-state index in [4.69, 9.17) is 10.5 Å². The second kappa shape index (κ2) is 11.4. The van der Waals surface area contributed by atoms with E-state index >= 15 is 4.39 Å². The van der Waals surface area contributed by atoms with Gasteiger partial charge in [-0.25, -0.2) is 4.39 Å². The van der Waals surface area contributed by atoms with E-state index in [1.165, 1.54) is 19.0 Å². The SMILES string of the molecule is NC(=O)[C@@H](Nc1cncc(F)c1CC[C@@H]1CNCC2(CCCC2)O1)C(c1ccccc1)c1ccccc1. The summed E-state index contributed by atoms with van der Waals surface area (Å²) in [5, 5.41) is 6.81. The number of hydrogen-bond acceptors (Lipinski definition) is 5. The van der Waals surface area contributed by atoms with E-state index in [2.05, 4.69) is 15.6 Å². The summed E-state index contributed by atoms with van der Waals surface area (Å²) in [6, 6.07) is 18.7. The quantitative estimate of drug-likeness (QED) is 0.399. The molecule has 0 radical (unpaired) electrons. The third-order valence-electron chi connectivity index (χ3n) is 7.74. The largest absolute Gasteiger partial charge is 0.371 e. The number of benzene rings is 2. The Hall–Kier alpha value is -3.29. The van der Waals surface area contributed by atoms with E-state index in [1.54, 1.807) is 6.20 Å². The molecule has 1 aromatic heterocycles. The van der Waals surface area contributed by atoms with Gasteiger partial charge in [0.15, 0.2) is 0 Å². The summed E-state index contributed by atoms with van der Waals surface area (Å²) < 4.78 is 21.6. The molecule has 1 spiro atoms. The van der Waals surface area contributed by atoms with Crippen LogP contribution in [0.25, 0.3) is 0 Å². The lowest BCUT2D eigenvalue weighted by atomic mass is 9.84. The highest BCUT2D eigenvalue weighted by Crippen LogP contribution is 2.36. The van der Waals surface area contributed by atoms with Crippen LogP contribution in [0, 0.1) is 5.82 Å². The van der Waals surface area contributed by atoms with Crippen molar-refractivity contribution in [1.82, 2.24) is 10.3 Å². The van der Waals surface area contributed by atoms with E-state index in [1.807, 2.05) is 60.7 Å². The van der Waals surface area contributed by atoms with Gasteiger partial charge in [-0.2, -0.15) is 0 Å². The molecule has 7 heteroatoms. The maximum absolute atomic E-state index is 15.1. The van der Waals surface area contributed by atoms with E-state index in [-0.39, 0.29) is 17.6 Å². The summed E-state index contributed by atoms with van der Waals surface area (Å²) in [4.78, 5) is 16.9. The minimum Gasteiger partial charge on any atom is -0.371 e. The van der Waals surface area contributed by atoms with Crippen LogP contribution >= 0.6 is 0 Å². The number of rotatable bonds is 9. The van der Waals surface area contributed by atoms with Crippen molar-refractivity contribution >= 4 is 11.6 Å². The first-order chi connectivity index (χ1) is 18.0. The third kappa shape index (κ3) is 5.84. The summed E-state index contributed by atoms with van der Waals surface area (Å²) in [5.74, 6) is -1.27. The fraction of sp³-hybridized carbons (Fsp3) is 0.400. The molecule has 2 atom stereocenters. The fourth-order valence-corrected chi connectivity index (χ4v) is 5.90. The number of halogens is 1. The number of pyridine rings is 1. The molecule has 1 amide bonds. The molecule has 6 nitrogen and oxygen atoms in total. The molecule has 0 unspecified atom stereocenters. The Morgan fingerprint density at radius 2 is 1.73 bits per heavy atom. The van der Waals surface area contributed by atoms with Gasteiger partial charge in [-0.1, -0.05) is 73.5 Å². The van der Waals surface area contributed by atoms with Gasteiger partial charge < -0.3 is 21.1 Å². The van der Waals surface area contributed by atoms with Gasteiger partial charge in [0.05, 0.1) is 29.8 Å². The number of ether oxygens (including phenoxy) is 1. The maximum Gasteiger partial charge on any atom is 0.240 e. The third-order valence-corrected chi connectivity index (χ3v) is 7.74. The molecule has 2 aromatic carbocycles. The summed E-state index contributed by atoms with van der Waals surface area (Å²) in [6.07, 6.45) is 8.50. The first-order valence-electron chi connectivity index (χ1n) is 13.2. The van der Waals surface area contributed by atoms with Crippen molar-refractivity contribution in [2.75, 3.05) is 18.4 Å². The number of hydrogen-bond donors (Lipinski definition) is 3. The average molecular weight is 503 g/mol. The molecule has 1 saturated heterocycles. The lowest BCUT2D eigenvalue weighted by Gasteiger charge is -2.39. The maximum atomic E-state index is 15.1. The van der Waals surface area contributed by atoms with Gasteiger partial charge in [-0.3, -0.25) is 9.78 Å². The van der Waals surface area contributed by atoms with Gasteiger partial charge >= 0.3 is 0 Å². The Morgan fingerprint density at radius 1 is 1.08 bits per heavy atom. The Bertz CT molecular complexity index is 1150. The van der Waals surface area contributed by atoms with Gasteiger partial charge in [0, 0.05) is 24.6 Å². The van der Waals surface area contributed by atoms with Gasteiger partial charge in [0.2, 0.25) is 5.91 Å². The van der Waals surface area contributed by atoms with Crippen LogP contribution in [0.15, 0.2) is 73.1 Å². The number of morpholine rings is 1. The molecule has 3 aromatic rings. The molecule has 4 N–H and O–H groups in total. The minimum atomic E-state index is -0.804. The predicted molar refractivity (Wildman–Crippen MR) is 143 cm³/mol.